The SMILES string of the molecule is CC(C(=O)NC(C#N)C1CC1)C1CC1. The summed E-state index contributed by atoms with van der Waals surface area (Å²) < 4.78 is 0. The van der Waals surface area contributed by atoms with Gasteiger partial charge >= 0.3 is 0 Å². The van der Waals surface area contributed by atoms with Gasteiger partial charge in [0.05, 0.1) is 6.07 Å². The molecular weight excluding hydrogens is 176 g/mol. The van der Waals surface area contributed by atoms with Gasteiger partial charge in [0.25, 0.3) is 0 Å². The number of carbonyl (C=O) groups excluding carboxylic acids is 1. The summed E-state index contributed by atoms with van der Waals surface area (Å²) in [6.45, 7) is 1.97. The average molecular weight is 192 g/mol. The van der Waals surface area contributed by atoms with Crippen molar-refractivity contribution in [1.82, 2.24) is 5.32 Å². The highest BCUT2D eigenvalue weighted by Gasteiger charge is 2.36. The second kappa shape index (κ2) is 3.61. The predicted molar refractivity (Wildman–Crippen MR) is 52.2 cm³/mol. The van der Waals surface area contributed by atoms with Crippen molar-refractivity contribution >= 4 is 5.91 Å². The molecule has 2 aliphatic rings. The van der Waals surface area contributed by atoms with E-state index in [-0.39, 0.29) is 17.9 Å². The molecule has 2 aliphatic carbocycles. The van der Waals surface area contributed by atoms with Gasteiger partial charge in [-0.3, -0.25) is 4.79 Å². The van der Waals surface area contributed by atoms with Gasteiger partial charge in [-0.05, 0) is 37.5 Å². The molecule has 0 aliphatic heterocycles. The molecule has 2 unspecified atom stereocenters. The lowest BCUT2D eigenvalue weighted by Crippen LogP contribution is -2.39. The minimum absolute atomic E-state index is 0.0750. The van der Waals surface area contributed by atoms with Gasteiger partial charge in [-0.2, -0.15) is 5.26 Å². The van der Waals surface area contributed by atoms with Crippen LogP contribution in [0, 0.1) is 29.1 Å². The zero-order chi connectivity index (χ0) is 10.1. The minimum atomic E-state index is -0.233. The van der Waals surface area contributed by atoms with E-state index in [1.54, 1.807) is 0 Å². The van der Waals surface area contributed by atoms with Crippen molar-refractivity contribution in [3.8, 4) is 6.07 Å². The molecule has 0 aromatic heterocycles. The van der Waals surface area contributed by atoms with Gasteiger partial charge in [-0.15, -0.1) is 0 Å². The Morgan fingerprint density at radius 2 is 1.93 bits per heavy atom. The third kappa shape index (κ3) is 2.06. The van der Waals surface area contributed by atoms with Crippen LogP contribution in [0.4, 0.5) is 0 Å². The van der Waals surface area contributed by atoms with Crippen LogP contribution in [0.2, 0.25) is 0 Å². The molecule has 2 atom stereocenters. The average Bonchev–Trinajstić information content (AvgIpc) is 3.05. The fourth-order valence-electron chi connectivity index (χ4n) is 1.78. The number of amides is 1. The summed E-state index contributed by atoms with van der Waals surface area (Å²) in [6.07, 6.45) is 4.54. The van der Waals surface area contributed by atoms with E-state index < -0.39 is 0 Å². The van der Waals surface area contributed by atoms with E-state index in [4.69, 9.17) is 5.26 Å². The van der Waals surface area contributed by atoms with Crippen molar-refractivity contribution in [2.24, 2.45) is 17.8 Å². The van der Waals surface area contributed by atoms with Crippen LogP contribution < -0.4 is 5.32 Å². The molecule has 0 saturated heterocycles. The number of nitrogens with one attached hydrogen (secondary N) is 1. The Bertz CT molecular complexity index is 274. The molecule has 3 nitrogen and oxygen atoms in total. The van der Waals surface area contributed by atoms with Crippen LogP contribution in [0.25, 0.3) is 0 Å². The molecule has 1 N–H and O–H groups in total. The zero-order valence-corrected chi connectivity index (χ0v) is 8.49. The molecule has 76 valence electrons. The molecule has 2 rings (SSSR count). The van der Waals surface area contributed by atoms with Gasteiger partial charge < -0.3 is 5.32 Å². The van der Waals surface area contributed by atoms with E-state index in [2.05, 4.69) is 11.4 Å². The first-order valence-electron chi connectivity index (χ1n) is 5.42. The number of rotatable bonds is 4. The zero-order valence-electron chi connectivity index (χ0n) is 8.49. The standard InChI is InChI=1S/C11H16N2O/c1-7(8-2-3-8)11(14)13-10(6-12)9-4-5-9/h7-10H,2-5H2,1H3,(H,13,14). The molecule has 0 aromatic rings. The van der Waals surface area contributed by atoms with Crippen LogP contribution in [0.15, 0.2) is 0 Å². The van der Waals surface area contributed by atoms with Crippen molar-refractivity contribution in [3.63, 3.8) is 0 Å². The van der Waals surface area contributed by atoms with E-state index in [9.17, 15) is 4.79 Å². The largest absolute Gasteiger partial charge is 0.340 e. The van der Waals surface area contributed by atoms with Crippen molar-refractivity contribution < 1.29 is 4.79 Å². The van der Waals surface area contributed by atoms with Crippen molar-refractivity contribution in [2.45, 2.75) is 38.6 Å². The number of nitrogens with zero attached hydrogens (tertiary/aromatic N) is 1. The fraction of sp³-hybridized carbons (Fsp3) is 0.818. The van der Waals surface area contributed by atoms with E-state index >= 15 is 0 Å². The monoisotopic (exact) mass is 192 g/mol. The summed E-state index contributed by atoms with van der Waals surface area (Å²) in [4.78, 5) is 11.7. The lowest BCUT2D eigenvalue weighted by molar-refractivity contribution is -0.125. The molecule has 1 amide bonds. The molecule has 0 aromatic carbocycles. The Morgan fingerprint density at radius 1 is 1.36 bits per heavy atom. The normalized spacial score (nSPS) is 24.9. The van der Waals surface area contributed by atoms with Crippen LogP contribution in [0.3, 0.4) is 0 Å². The lowest BCUT2D eigenvalue weighted by atomic mass is 10.0. The molecule has 2 fully saturated rings. The van der Waals surface area contributed by atoms with Crippen LogP contribution in [-0.2, 0) is 4.79 Å². The summed E-state index contributed by atoms with van der Waals surface area (Å²) in [5.41, 5.74) is 0. The summed E-state index contributed by atoms with van der Waals surface area (Å²) in [6, 6.07) is 1.94. The Morgan fingerprint density at radius 3 is 2.36 bits per heavy atom. The highest BCUT2D eigenvalue weighted by molar-refractivity contribution is 5.79. The van der Waals surface area contributed by atoms with Crippen molar-refractivity contribution in [3.05, 3.63) is 0 Å². The number of hydrogen-bond donors (Lipinski definition) is 1. The maximum atomic E-state index is 11.7. The van der Waals surface area contributed by atoms with Crippen LogP contribution in [0.1, 0.15) is 32.6 Å². The maximum absolute atomic E-state index is 11.7. The Hall–Kier alpha value is -1.04. The van der Waals surface area contributed by atoms with E-state index in [1.165, 1.54) is 12.8 Å². The molecular formula is C11H16N2O. The summed E-state index contributed by atoms with van der Waals surface area (Å²) in [5.74, 6) is 1.18. The van der Waals surface area contributed by atoms with E-state index in [1.807, 2.05) is 6.92 Å². The molecule has 0 radical (unpaired) electrons. The smallest absolute Gasteiger partial charge is 0.224 e. The number of nitriles is 1. The minimum Gasteiger partial charge on any atom is -0.340 e. The van der Waals surface area contributed by atoms with Crippen LogP contribution in [-0.4, -0.2) is 11.9 Å². The van der Waals surface area contributed by atoms with Gasteiger partial charge in [0, 0.05) is 5.92 Å². The second-order valence-electron chi connectivity index (χ2n) is 4.58. The van der Waals surface area contributed by atoms with E-state index in [0.29, 0.717) is 11.8 Å². The third-order valence-electron chi connectivity index (χ3n) is 3.27. The maximum Gasteiger partial charge on any atom is 0.224 e. The molecule has 0 spiro atoms. The first-order chi connectivity index (χ1) is 6.72. The van der Waals surface area contributed by atoms with Crippen LogP contribution >= 0.6 is 0 Å². The first kappa shape index (κ1) is 9.51. The molecule has 3 heteroatoms. The highest BCUT2D eigenvalue weighted by atomic mass is 16.1. The second-order valence-corrected chi connectivity index (χ2v) is 4.58. The van der Waals surface area contributed by atoms with Gasteiger partial charge in [0.15, 0.2) is 0 Å². The van der Waals surface area contributed by atoms with Crippen molar-refractivity contribution in [2.75, 3.05) is 0 Å². The van der Waals surface area contributed by atoms with Gasteiger partial charge in [0.2, 0.25) is 5.91 Å². The Kier molecular flexibility index (Phi) is 2.45. The molecule has 0 heterocycles. The summed E-state index contributed by atoms with van der Waals surface area (Å²) in [5, 5.41) is 11.7. The lowest BCUT2D eigenvalue weighted by Gasteiger charge is -2.14. The molecule has 14 heavy (non-hydrogen) atoms. The third-order valence-corrected chi connectivity index (χ3v) is 3.27. The summed E-state index contributed by atoms with van der Waals surface area (Å²) >= 11 is 0. The number of carbonyl (C=O) groups is 1. The quantitative estimate of drug-likeness (QED) is 0.733. The van der Waals surface area contributed by atoms with Gasteiger partial charge in [0.1, 0.15) is 6.04 Å². The van der Waals surface area contributed by atoms with Crippen LogP contribution in [0.5, 0.6) is 0 Å². The van der Waals surface area contributed by atoms with Gasteiger partial charge in [-0.25, -0.2) is 0 Å². The Labute approximate surface area is 84.5 Å². The van der Waals surface area contributed by atoms with Gasteiger partial charge in [-0.1, -0.05) is 6.92 Å². The first-order valence-corrected chi connectivity index (χ1v) is 5.42. The predicted octanol–water partition coefficient (Wildman–Crippen LogP) is 1.45. The highest BCUT2D eigenvalue weighted by Crippen LogP contribution is 2.37. The summed E-state index contributed by atoms with van der Waals surface area (Å²) in [7, 11) is 0. The van der Waals surface area contributed by atoms with E-state index in [0.717, 1.165) is 12.8 Å². The number of hydrogen-bond acceptors (Lipinski definition) is 2. The van der Waals surface area contributed by atoms with Crippen molar-refractivity contribution in [1.29, 1.82) is 5.26 Å². The topological polar surface area (TPSA) is 52.9 Å². The molecule has 2 saturated carbocycles. The fourth-order valence-corrected chi connectivity index (χ4v) is 1.78. The molecule has 0 bridgehead atoms. The Balaban J connectivity index is 1.82.